The molecule has 3 rings (SSSR count). The lowest BCUT2D eigenvalue weighted by Crippen LogP contribution is -2.07. The van der Waals surface area contributed by atoms with Crippen molar-refractivity contribution in [1.82, 2.24) is 9.97 Å². The zero-order valence-corrected chi connectivity index (χ0v) is 21.1. The molecule has 0 bridgehead atoms. The fourth-order valence-electron chi connectivity index (χ4n) is 5.17. The van der Waals surface area contributed by atoms with Crippen LogP contribution in [0.2, 0.25) is 0 Å². The van der Waals surface area contributed by atoms with Gasteiger partial charge in [0.1, 0.15) is 11.5 Å². The SMILES string of the molecule is CCc1c(C=O)[nH]c(C(CCCc2cc(OC)ccc2OC)c2[nH]c(C=O)c(CC)c2C)c1C. The Morgan fingerprint density at radius 1 is 0.882 bits per heavy atom. The summed E-state index contributed by atoms with van der Waals surface area (Å²) in [6.07, 6.45) is 5.93. The molecule has 34 heavy (non-hydrogen) atoms. The first-order valence-electron chi connectivity index (χ1n) is 12.0. The topological polar surface area (TPSA) is 84.2 Å². The van der Waals surface area contributed by atoms with Crippen LogP contribution in [0.1, 0.15) is 92.8 Å². The fourth-order valence-corrected chi connectivity index (χ4v) is 5.17. The highest BCUT2D eigenvalue weighted by Gasteiger charge is 2.26. The molecule has 0 radical (unpaired) electrons. The second-order valence-corrected chi connectivity index (χ2v) is 8.68. The molecular weight excluding hydrogens is 428 g/mol. The molecule has 0 aliphatic carbocycles. The van der Waals surface area contributed by atoms with Crippen molar-refractivity contribution in [2.45, 2.75) is 65.7 Å². The zero-order chi connectivity index (χ0) is 24.8. The first-order chi connectivity index (χ1) is 16.4. The number of rotatable bonds is 12. The average molecular weight is 465 g/mol. The van der Waals surface area contributed by atoms with Crippen LogP contribution in [0.5, 0.6) is 11.5 Å². The number of ether oxygens (including phenoxy) is 2. The van der Waals surface area contributed by atoms with E-state index >= 15 is 0 Å². The van der Waals surface area contributed by atoms with Crippen LogP contribution in [0.3, 0.4) is 0 Å². The smallest absolute Gasteiger partial charge is 0.166 e. The molecule has 0 saturated heterocycles. The van der Waals surface area contributed by atoms with E-state index in [1.165, 1.54) is 0 Å². The van der Waals surface area contributed by atoms with E-state index in [9.17, 15) is 9.59 Å². The average Bonchev–Trinajstić information content (AvgIpc) is 3.36. The Morgan fingerprint density at radius 3 is 1.85 bits per heavy atom. The second kappa shape index (κ2) is 11.2. The molecule has 0 aliphatic heterocycles. The largest absolute Gasteiger partial charge is 0.497 e. The minimum Gasteiger partial charge on any atom is -0.497 e. The number of aromatic amines is 2. The van der Waals surface area contributed by atoms with Crippen LogP contribution in [0.25, 0.3) is 0 Å². The van der Waals surface area contributed by atoms with Gasteiger partial charge in [0.15, 0.2) is 12.6 Å². The van der Waals surface area contributed by atoms with Crippen molar-refractivity contribution < 1.29 is 19.1 Å². The fraction of sp³-hybridized carbons (Fsp3) is 0.429. The number of aryl methyl sites for hydroxylation is 1. The predicted octanol–water partition coefficient (Wildman–Crippen LogP) is 5.88. The summed E-state index contributed by atoms with van der Waals surface area (Å²) in [6, 6.07) is 5.85. The number of aromatic nitrogens is 2. The summed E-state index contributed by atoms with van der Waals surface area (Å²) in [5.74, 6) is 1.66. The Labute approximate surface area is 202 Å². The van der Waals surface area contributed by atoms with Crippen molar-refractivity contribution in [3.05, 3.63) is 68.8 Å². The molecule has 3 aromatic rings. The lowest BCUT2D eigenvalue weighted by atomic mass is 9.88. The molecule has 2 aromatic heterocycles. The first kappa shape index (κ1) is 25.3. The van der Waals surface area contributed by atoms with Crippen LogP contribution in [-0.4, -0.2) is 36.8 Å². The molecule has 6 nitrogen and oxygen atoms in total. The maximum absolute atomic E-state index is 11.7. The summed E-state index contributed by atoms with van der Waals surface area (Å²) in [5.41, 5.74) is 8.82. The lowest BCUT2D eigenvalue weighted by molar-refractivity contribution is 0.111. The van der Waals surface area contributed by atoms with Gasteiger partial charge in [-0.1, -0.05) is 13.8 Å². The third kappa shape index (κ3) is 4.81. The van der Waals surface area contributed by atoms with Crippen molar-refractivity contribution in [1.29, 1.82) is 0 Å². The number of benzene rings is 1. The monoisotopic (exact) mass is 464 g/mol. The predicted molar refractivity (Wildman–Crippen MR) is 135 cm³/mol. The number of aldehydes is 2. The van der Waals surface area contributed by atoms with Crippen LogP contribution < -0.4 is 9.47 Å². The van der Waals surface area contributed by atoms with Crippen molar-refractivity contribution >= 4 is 12.6 Å². The van der Waals surface area contributed by atoms with Crippen LogP contribution >= 0.6 is 0 Å². The highest BCUT2D eigenvalue weighted by atomic mass is 16.5. The zero-order valence-electron chi connectivity index (χ0n) is 21.1. The van der Waals surface area contributed by atoms with Gasteiger partial charge in [0.05, 0.1) is 25.6 Å². The minimum absolute atomic E-state index is 0.00889. The molecule has 2 heterocycles. The van der Waals surface area contributed by atoms with E-state index in [4.69, 9.17) is 9.47 Å². The Kier molecular flexibility index (Phi) is 8.37. The van der Waals surface area contributed by atoms with Crippen LogP contribution in [0.15, 0.2) is 18.2 Å². The molecule has 2 N–H and O–H groups in total. The quantitative estimate of drug-likeness (QED) is 0.328. The van der Waals surface area contributed by atoms with Crippen molar-refractivity contribution in [2.24, 2.45) is 0 Å². The number of methoxy groups -OCH3 is 2. The second-order valence-electron chi connectivity index (χ2n) is 8.68. The maximum atomic E-state index is 11.7. The standard InChI is InChI=1S/C28H36N2O4/c1-7-21-17(3)27(29-24(21)15-31)23(28-18(4)22(8-2)25(16-32)30-28)11-9-10-19-14-20(33-5)12-13-26(19)34-6/h12-16,23,29-30H,7-11H2,1-6H3. The minimum atomic E-state index is 0.00889. The van der Waals surface area contributed by atoms with Crippen molar-refractivity contribution in [2.75, 3.05) is 14.2 Å². The third-order valence-corrected chi connectivity index (χ3v) is 6.97. The van der Waals surface area contributed by atoms with Crippen LogP contribution in [0, 0.1) is 13.8 Å². The van der Waals surface area contributed by atoms with E-state index < -0.39 is 0 Å². The van der Waals surface area contributed by atoms with Gasteiger partial charge in [-0.15, -0.1) is 0 Å². The van der Waals surface area contributed by atoms with Gasteiger partial charge < -0.3 is 19.4 Å². The number of H-pyrrole nitrogens is 2. The van der Waals surface area contributed by atoms with E-state index in [-0.39, 0.29) is 5.92 Å². The molecule has 0 saturated carbocycles. The Morgan fingerprint density at radius 2 is 1.44 bits per heavy atom. The molecule has 6 heteroatoms. The number of carbonyl (C=O) groups is 2. The highest BCUT2D eigenvalue weighted by molar-refractivity contribution is 5.77. The Bertz CT molecular complexity index is 1100. The maximum Gasteiger partial charge on any atom is 0.166 e. The molecule has 0 spiro atoms. The van der Waals surface area contributed by atoms with Gasteiger partial charge in [-0.2, -0.15) is 0 Å². The Hall–Kier alpha value is -3.28. The first-order valence-corrected chi connectivity index (χ1v) is 12.0. The normalized spacial score (nSPS) is 11.1. The van der Waals surface area contributed by atoms with Gasteiger partial charge in [0.25, 0.3) is 0 Å². The van der Waals surface area contributed by atoms with E-state index in [0.717, 1.165) is 95.4 Å². The van der Waals surface area contributed by atoms with E-state index in [0.29, 0.717) is 11.4 Å². The van der Waals surface area contributed by atoms with E-state index in [1.54, 1.807) is 14.2 Å². The van der Waals surface area contributed by atoms with Crippen molar-refractivity contribution in [3.8, 4) is 11.5 Å². The lowest BCUT2D eigenvalue weighted by Gasteiger charge is -2.19. The van der Waals surface area contributed by atoms with Gasteiger partial charge >= 0.3 is 0 Å². The van der Waals surface area contributed by atoms with E-state index in [2.05, 4.69) is 37.7 Å². The molecule has 0 unspecified atom stereocenters. The summed E-state index contributed by atoms with van der Waals surface area (Å²) in [6.45, 7) is 8.29. The Balaban J connectivity index is 2.01. The summed E-state index contributed by atoms with van der Waals surface area (Å²) in [5, 5.41) is 0. The molecule has 1 aromatic carbocycles. The van der Waals surface area contributed by atoms with E-state index in [1.807, 2.05) is 18.2 Å². The number of hydrogen-bond donors (Lipinski definition) is 2. The summed E-state index contributed by atoms with van der Waals surface area (Å²) >= 11 is 0. The van der Waals surface area contributed by atoms with Crippen LogP contribution in [-0.2, 0) is 19.3 Å². The molecule has 0 aliphatic rings. The van der Waals surface area contributed by atoms with Crippen molar-refractivity contribution in [3.63, 3.8) is 0 Å². The molecule has 0 atom stereocenters. The summed E-state index contributed by atoms with van der Waals surface area (Å²) in [4.78, 5) is 30.3. The van der Waals surface area contributed by atoms with Gasteiger partial charge in [-0.3, -0.25) is 9.59 Å². The van der Waals surface area contributed by atoms with Crippen LogP contribution in [0.4, 0.5) is 0 Å². The number of nitrogens with one attached hydrogen (secondary N) is 2. The number of hydrogen-bond acceptors (Lipinski definition) is 4. The highest BCUT2D eigenvalue weighted by Crippen LogP contribution is 2.37. The molecule has 0 fully saturated rings. The summed E-state index contributed by atoms with van der Waals surface area (Å²) < 4.78 is 11.0. The molecular formula is C28H36N2O4. The van der Waals surface area contributed by atoms with Gasteiger partial charge in [-0.05, 0) is 92.0 Å². The van der Waals surface area contributed by atoms with Gasteiger partial charge in [0, 0.05) is 17.3 Å². The molecule has 182 valence electrons. The number of carbonyl (C=O) groups excluding carboxylic acids is 2. The van der Waals surface area contributed by atoms with Gasteiger partial charge in [0.2, 0.25) is 0 Å². The third-order valence-electron chi connectivity index (χ3n) is 6.97. The van der Waals surface area contributed by atoms with Gasteiger partial charge in [-0.25, -0.2) is 0 Å². The molecule has 0 amide bonds. The summed E-state index contributed by atoms with van der Waals surface area (Å²) in [7, 11) is 3.34.